The van der Waals surface area contributed by atoms with Gasteiger partial charge >= 0.3 is 0 Å². The van der Waals surface area contributed by atoms with Crippen LogP contribution in [0.25, 0.3) is 87.3 Å². The van der Waals surface area contributed by atoms with Crippen LogP contribution in [-0.4, -0.2) is 15.8 Å². The first kappa shape index (κ1) is 22.7. The van der Waals surface area contributed by atoms with Crippen molar-refractivity contribution < 1.29 is 0 Å². The van der Waals surface area contributed by atoms with Gasteiger partial charge in [0.25, 0.3) is 6.71 Å². The van der Waals surface area contributed by atoms with E-state index < -0.39 is 0 Å². The van der Waals surface area contributed by atoms with Gasteiger partial charge in [0.1, 0.15) is 0 Å². The molecule has 0 aliphatic carbocycles. The molecule has 10 aromatic rings. The minimum absolute atomic E-state index is 0.168. The van der Waals surface area contributed by atoms with E-state index in [1.807, 2.05) is 0 Å². The summed E-state index contributed by atoms with van der Waals surface area (Å²) in [5, 5.41) is 13.2. The first-order chi connectivity index (χ1) is 22.4. The number of hydrogen-bond acceptors (Lipinski definition) is 0. The summed E-state index contributed by atoms with van der Waals surface area (Å²) in [4.78, 5) is 0. The molecule has 0 bridgehead atoms. The van der Waals surface area contributed by atoms with E-state index in [4.69, 9.17) is 0 Å². The van der Waals surface area contributed by atoms with Gasteiger partial charge in [0.15, 0.2) is 0 Å². The zero-order valence-electron chi connectivity index (χ0n) is 24.3. The summed E-state index contributed by atoms with van der Waals surface area (Å²) in [5.41, 5.74) is 12.1. The number of nitrogens with zero attached hydrogens (tertiary/aromatic N) is 2. The topological polar surface area (TPSA) is 9.86 Å². The van der Waals surface area contributed by atoms with Gasteiger partial charge < -0.3 is 9.13 Å². The molecule has 2 aromatic heterocycles. The van der Waals surface area contributed by atoms with E-state index in [0.717, 1.165) is 0 Å². The second-order valence-corrected chi connectivity index (χ2v) is 12.8. The Morgan fingerprint density at radius 1 is 0.333 bits per heavy atom. The van der Waals surface area contributed by atoms with Crippen LogP contribution in [0, 0.1) is 0 Å². The SMILES string of the molecule is c1cc2c3c(c1)-n1c4c(cccc4c4ccc5c6ccccc6c6ccccc6c5c41)B3c1cccc3c4ccccc4n-2c13. The number of fused-ring (bicyclic) bond motifs is 17. The number of benzene rings is 8. The molecule has 0 spiro atoms. The quantitative estimate of drug-likeness (QED) is 0.129. The molecule has 3 heteroatoms. The maximum atomic E-state index is 2.62. The van der Waals surface area contributed by atoms with Crippen LogP contribution in [0.2, 0.25) is 0 Å². The Morgan fingerprint density at radius 3 is 1.53 bits per heavy atom. The Balaban J connectivity index is 1.36. The van der Waals surface area contributed by atoms with E-state index in [2.05, 4.69) is 149 Å². The van der Waals surface area contributed by atoms with E-state index in [1.54, 1.807) is 0 Å². The fourth-order valence-electron chi connectivity index (χ4n) is 9.27. The standard InChI is InChI=1S/C42H23BN2/c1-2-12-26-24(10-1)25-11-3-4-14-28(25)38-29(26)22-23-32-31-16-8-18-34-41(31)45(42(32)38)37-21-9-20-36-39(37)43(34)33-17-7-15-30-27-13-5-6-19-35(27)44(36)40(30)33/h1-23H. The number of hydrogen-bond donors (Lipinski definition) is 0. The average Bonchev–Trinajstić information content (AvgIpc) is 3.63. The third kappa shape index (κ3) is 2.48. The Labute approximate surface area is 258 Å². The predicted octanol–water partition coefficient (Wildman–Crippen LogP) is 8.48. The molecule has 45 heavy (non-hydrogen) atoms. The molecule has 0 N–H and O–H groups in total. The first-order valence-electron chi connectivity index (χ1n) is 15.8. The van der Waals surface area contributed by atoms with Gasteiger partial charge in [0.2, 0.25) is 0 Å². The lowest BCUT2D eigenvalue weighted by Crippen LogP contribution is -2.59. The molecule has 12 rings (SSSR count). The van der Waals surface area contributed by atoms with E-state index in [-0.39, 0.29) is 6.71 Å². The number of aromatic nitrogens is 2. The smallest absolute Gasteiger partial charge is 0.252 e. The fraction of sp³-hybridized carbons (Fsp3) is 0. The monoisotopic (exact) mass is 566 g/mol. The zero-order chi connectivity index (χ0) is 29.0. The molecule has 2 aliphatic heterocycles. The van der Waals surface area contributed by atoms with Crippen molar-refractivity contribution in [3.8, 4) is 11.4 Å². The lowest BCUT2D eigenvalue weighted by molar-refractivity contribution is 1.15. The van der Waals surface area contributed by atoms with Crippen LogP contribution in [0.1, 0.15) is 0 Å². The highest BCUT2D eigenvalue weighted by molar-refractivity contribution is 7.00. The molecular weight excluding hydrogens is 543 g/mol. The molecule has 0 saturated heterocycles. The van der Waals surface area contributed by atoms with Gasteiger partial charge in [-0.05, 0) is 61.5 Å². The van der Waals surface area contributed by atoms with Gasteiger partial charge in [0.05, 0.1) is 11.0 Å². The summed E-state index contributed by atoms with van der Waals surface area (Å²) < 4.78 is 5.16. The van der Waals surface area contributed by atoms with E-state index in [9.17, 15) is 0 Å². The molecule has 8 aromatic carbocycles. The average molecular weight is 566 g/mol. The molecule has 0 saturated carbocycles. The van der Waals surface area contributed by atoms with Crippen molar-refractivity contribution in [3.63, 3.8) is 0 Å². The van der Waals surface area contributed by atoms with Gasteiger partial charge in [-0.2, -0.15) is 0 Å². The summed E-state index contributed by atoms with van der Waals surface area (Å²) in [6.07, 6.45) is 0. The first-order valence-corrected chi connectivity index (χ1v) is 15.8. The largest absolute Gasteiger partial charge is 0.310 e. The molecule has 4 heterocycles. The van der Waals surface area contributed by atoms with Gasteiger partial charge in [-0.3, -0.25) is 0 Å². The fourth-order valence-corrected chi connectivity index (χ4v) is 9.27. The Kier molecular flexibility index (Phi) is 3.85. The van der Waals surface area contributed by atoms with Crippen molar-refractivity contribution in [2.75, 3.05) is 0 Å². The summed E-state index contributed by atoms with van der Waals surface area (Å²) in [7, 11) is 0. The van der Waals surface area contributed by atoms with Crippen LogP contribution >= 0.6 is 0 Å². The van der Waals surface area contributed by atoms with Crippen LogP contribution in [0.15, 0.2) is 140 Å². The van der Waals surface area contributed by atoms with Crippen LogP contribution < -0.4 is 16.4 Å². The summed E-state index contributed by atoms with van der Waals surface area (Å²) in [6.45, 7) is 0.168. The summed E-state index contributed by atoms with van der Waals surface area (Å²) in [5.74, 6) is 0. The molecule has 2 aliphatic rings. The second kappa shape index (κ2) is 7.64. The molecule has 204 valence electrons. The molecular formula is C42H23BN2. The van der Waals surface area contributed by atoms with Gasteiger partial charge in [0, 0.05) is 49.3 Å². The Hall–Kier alpha value is -5.80. The van der Waals surface area contributed by atoms with Crippen LogP contribution in [0.4, 0.5) is 0 Å². The van der Waals surface area contributed by atoms with Crippen molar-refractivity contribution in [3.05, 3.63) is 140 Å². The second-order valence-electron chi connectivity index (χ2n) is 12.8. The summed E-state index contributed by atoms with van der Waals surface area (Å²) >= 11 is 0. The third-order valence-electron chi connectivity index (χ3n) is 10.9. The normalized spacial score (nSPS) is 13.3. The highest BCUT2D eigenvalue weighted by atomic mass is 15.0. The Morgan fingerprint density at radius 2 is 0.800 bits per heavy atom. The zero-order valence-corrected chi connectivity index (χ0v) is 24.3. The molecule has 2 nitrogen and oxygen atoms in total. The van der Waals surface area contributed by atoms with Crippen LogP contribution in [0.5, 0.6) is 0 Å². The summed E-state index contributed by atoms with van der Waals surface area (Å²) in [6, 6.07) is 52.4. The van der Waals surface area contributed by atoms with E-state index in [0.29, 0.717) is 0 Å². The van der Waals surface area contributed by atoms with Crippen molar-refractivity contribution in [2.24, 2.45) is 0 Å². The van der Waals surface area contributed by atoms with Gasteiger partial charge in [-0.25, -0.2) is 0 Å². The van der Waals surface area contributed by atoms with Crippen LogP contribution in [0.3, 0.4) is 0 Å². The Bertz CT molecular complexity index is 2960. The van der Waals surface area contributed by atoms with Crippen molar-refractivity contribution in [1.29, 1.82) is 0 Å². The van der Waals surface area contributed by atoms with E-state index in [1.165, 1.54) is 104 Å². The predicted molar refractivity (Wildman–Crippen MR) is 192 cm³/mol. The highest BCUT2D eigenvalue weighted by Crippen LogP contribution is 2.44. The molecule has 0 amide bonds. The molecule has 0 atom stereocenters. The lowest BCUT2D eigenvalue weighted by Gasteiger charge is -2.33. The van der Waals surface area contributed by atoms with Crippen LogP contribution in [-0.2, 0) is 0 Å². The van der Waals surface area contributed by atoms with Crippen molar-refractivity contribution in [1.82, 2.24) is 9.13 Å². The maximum absolute atomic E-state index is 2.62. The van der Waals surface area contributed by atoms with Gasteiger partial charge in [-0.15, -0.1) is 0 Å². The maximum Gasteiger partial charge on any atom is 0.252 e. The lowest BCUT2D eigenvalue weighted by atomic mass is 9.34. The van der Waals surface area contributed by atoms with Crippen molar-refractivity contribution in [2.45, 2.75) is 0 Å². The number of rotatable bonds is 0. The minimum Gasteiger partial charge on any atom is -0.310 e. The van der Waals surface area contributed by atoms with Gasteiger partial charge in [-0.1, -0.05) is 121 Å². The molecule has 0 unspecified atom stereocenters. The van der Waals surface area contributed by atoms with Crippen molar-refractivity contribution >= 4 is 99.0 Å². The number of para-hydroxylation sites is 3. The minimum atomic E-state index is 0.168. The highest BCUT2D eigenvalue weighted by Gasteiger charge is 2.40. The molecule has 0 radical (unpaired) electrons. The third-order valence-corrected chi connectivity index (χ3v) is 10.9. The molecule has 0 fully saturated rings. The van der Waals surface area contributed by atoms with E-state index >= 15 is 0 Å².